The van der Waals surface area contributed by atoms with Gasteiger partial charge in [0.2, 0.25) is 5.91 Å². The summed E-state index contributed by atoms with van der Waals surface area (Å²) >= 11 is 1.73. The summed E-state index contributed by atoms with van der Waals surface area (Å²) in [6.07, 6.45) is 8.68. The molecule has 1 fully saturated rings. The number of hydrogen-bond acceptors (Lipinski definition) is 3. The lowest BCUT2D eigenvalue weighted by Crippen LogP contribution is -2.40. The first-order valence-corrected chi connectivity index (χ1v) is 7.46. The van der Waals surface area contributed by atoms with Crippen molar-refractivity contribution in [1.29, 1.82) is 0 Å². The van der Waals surface area contributed by atoms with Crippen LogP contribution >= 0.6 is 11.8 Å². The maximum absolute atomic E-state index is 12.0. The molecular formula is C12H19N3OS. The SMILES string of the molecule is CSCCC(=O)N1CCCC(n2cccn2)C1. The van der Waals surface area contributed by atoms with Crippen molar-refractivity contribution in [1.82, 2.24) is 14.7 Å². The number of aromatic nitrogens is 2. The summed E-state index contributed by atoms with van der Waals surface area (Å²) in [5.41, 5.74) is 0. The van der Waals surface area contributed by atoms with Crippen LogP contribution in [-0.4, -0.2) is 45.7 Å². The number of rotatable bonds is 4. The zero-order valence-corrected chi connectivity index (χ0v) is 11.0. The molecule has 5 heteroatoms. The van der Waals surface area contributed by atoms with Crippen molar-refractivity contribution in [3.05, 3.63) is 18.5 Å². The van der Waals surface area contributed by atoms with Gasteiger partial charge < -0.3 is 4.90 Å². The molecule has 0 aromatic carbocycles. The second-order valence-corrected chi connectivity index (χ2v) is 5.35. The molecule has 0 N–H and O–H groups in total. The highest BCUT2D eigenvalue weighted by molar-refractivity contribution is 7.98. The predicted octanol–water partition coefficient (Wildman–Crippen LogP) is 1.80. The van der Waals surface area contributed by atoms with Gasteiger partial charge >= 0.3 is 0 Å². The van der Waals surface area contributed by atoms with Crippen molar-refractivity contribution in [2.24, 2.45) is 0 Å². The van der Waals surface area contributed by atoms with Crippen LogP contribution in [0.1, 0.15) is 25.3 Å². The Labute approximate surface area is 106 Å². The fourth-order valence-electron chi connectivity index (χ4n) is 2.24. The molecule has 0 spiro atoms. The quantitative estimate of drug-likeness (QED) is 0.821. The molecule has 1 aromatic heterocycles. The minimum atomic E-state index is 0.288. The molecule has 1 atom stereocenters. The van der Waals surface area contributed by atoms with E-state index >= 15 is 0 Å². The number of nitrogens with zero attached hydrogens (tertiary/aromatic N) is 3. The average Bonchev–Trinajstić information content (AvgIpc) is 2.90. The Morgan fingerprint density at radius 2 is 2.47 bits per heavy atom. The molecule has 2 rings (SSSR count). The van der Waals surface area contributed by atoms with E-state index in [1.807, 2.05) is 28.1 Å². The monoisotopic (exact) mass is 253 g/mol. The Bertz CT molecular complexity index is 353. The van der Waals surface area contributed by atoms with Gasteiger partial charge in [0.1, 0.15) is 0 Å². The van der Waals surface area contributed by atoms with E-state index in [0.29, 0.717) is 12.5 Å². The number of thioether (sulfide) groups is 1. The van der Waals surface area contributed by atoms with E-state index in [1.165, 1.54) is 0 Å². The fourth-order valence-corrected chi connectivity index (χ4v) is 2.62. The number of carbonyl (C=O) groups is 1. The number of hydrogen-bond donors (Lipinski definition) is 0. The maximum atomic E-state index is 12.0. The highest BCUT2D eigenvalue weighted by Crippen LogP contribution is 2.21. The molecule has 1 aliphatic heterocycles. The van der Waals surface area contributed by atoms with Crippen molar-refractivity contribution >= 4 is 17.7 Å². The van der Waals surface area contributed by atoms with Crippen molar-refractivity contribution in [2.75, 3.05) is 25.1 Å². The summed E-state index contributed by atoms with van der Waals surface area (Å²) in [5, 5.41) is 4.27. The summed E-state index contributed by atoms with van der Waals surface area (Å²) in [5.74, 6) is 1.21. The Kier molecular flexibility index (Phi) is 4.48. The van der Waals surface area contributed by atoms with Crippen LogP contribution in [0.25, 0.3) is 0 Å². The van der Waals surface area contributed by atoms with Gasteiger partial charge in [-0.25, -0.2) is 0 Å². The molecule has 0 saturated carbocycles. The van der Waals surface area contributed by atoms with E-state index in [1.54, 1.807) is 18.0 Å². The molecule has 2 heterocycles. The van der Waals surface area contributed by atoms with Crippen LogP contribution in [0.5, 0.6) is 0 Å². The van der Waals surface area contributed by atoms with Crippen molar-refractivity contribution in [3.63, 3.8) is 0 Å². The summed E-state index contributed by atoms with van der Waals surface area (Å²) in [6.45, 7) is 1.72. The molecular weight excluding hydrogens is 234 g/mol. The zero-order chi connectivity index (χ0) is 12.1. The molecule has 0 aliphatic carbocycles. The smallest absolute Gasteiger partial charge is 0.223 e. The van der Waals surface area contributed by atoms with Crippen LogP contribution < -0.4 is 0 Å². The summed E-state index contributed by atoms with van der Waals surface area (Å²) in [4.78, 5) is 13.9. The number of carbonyl (C=O) groups excluding carboxylic acids is 1. The number of amides is 1. The Hall–Kier alpha value is -0.970. The van der Waals surface area contributed by atoms with E-state index < -0.39 is 0 Å². The van der Waals surface area contributed by atoms with E-state index in [9.17, 15) is 4.79 Å². The van der Waals surface area contributed by atoms with Crippen LogP contribution in [0.4, 0.5) is 0 Å². The van der Waals surface area contributed by atoms with Gasteiger partial charge in [-0.2, -0.15) is 16.9 Å². The predicted molar refractivity (Wildman–Crippen MR) is 70.1 cm³/mol. The molecule has 1 unspecified atom stereocenters. The van der Waals surface area contributed by atoms with Crippen LogP contribution in [0, 0.1) is 0 Å². The van der Waals surface area contributed by atoms with Gasteiger partial charge in [-0.15, -0.1) is 0 Å². The summed E-state index contributed by atoms with van der Waals surface area (Å²) in [6, 6.07) is 2.30. The minimum absolute atomic E-state index is 0.288. The first-order valence-electron chi connectivity index (χ1n) is 6.07. The van der Waals surface area contributed by atoms with Gasteiger partial charge in [-0.1, -0.05) is 0 Å². The van der Waals surface area contributed by atoms with Gasteiger partial charge in [-0.3, -0.25) is 9.48 Å². The lowest BCUT2D eigenvalue weighted by molar-refractivity contribution is -0.132. The summed E-state index contributed by atoms with van der Waals surface area (Å²) < 4.78 is 1.98. The van der Waals surface area contributed by atoms with E-state index in [2.05, 4.69) is 5.10 Å². The van der Waals surface area contributed by atoms with Crippen molar-refractivity contribution in [3.8, 4) is 0 Å². The van der Waals surface area contributed by atoms with Gasteiger partial charge in [0, 0.05) is 37.7 Å². The fraction of sp³-hybridized carbons (Fsp3) is 0.667. The zero-order valence-electron chi connectivity index (χ0n) is 10.2. The lowest BCUT2D eigenvalue weighted by atomic mass is 10.1. The third-order valence-corrected chi connectivity index (χ3v) is 3.78. The molecule has 0 radical (unpaired) electrons. The Morgan fingerprint density at radius 3 is 3.18 bits per heavy atom. The van der Waals surface area contributed by atoms with Crippen molar-refractivity contribution in [2.45, 2.75) is 25.3 Å². The van der Waals surface area contributed by atoms with Crippen LogP contribution in [0.15, 0.2) is 18.5 Å². The molecule has 0 bridgehead atoms. The van der Waals surface area contributed by atoms with Gasteiger partial charge in [0.05, 0.1) is 6.04 Å². The number of likely N-dealkylation sites (tertiary alicyclic amines) is 1. The van der Waals surface area contributed by atoms with Crippen molar-refractivity contribution < 1.29 is 4.79 Å². The van der Waals surface area contributed by atoms with Gasteiger partial charge in [0.15, 0.2) is 0 Å². The van der Waals surface area contributed by atoms with Crippen LogP contribution in [-0.2, 0) is 4.79 Å². The summed E-state index contributed by atoms with van der Waals surface area (Å²) in [7, 11) is 0. The standard InChI is InChI=1S/C12H19N3OS/c1-17-9-5-12(16)14-7-2-4-11(10-14)15-8-3-6-13-15/h3,6,8,11H,2,4-5,7,9-10H2,1H3. The van der Waals surface area contributed by atoms with E-state index in [0.717, 1.165) is 31.7 Å². The highest BCUT2D eigenvalue weighted by atomic mass is 32.2. The molecule has 94 valence electrons. The third-order valence-electron chi connectivity index (χ3n) is 3.17. The van der Waals surface area contributed by atoms with Gasteiger partial charge in [-0.05, 0) is 25.2 Å². The second-order valence-electron chi connectivity index (χ2n) is 4.36. The molecule has 1 saturated heterocycles. The van der Waals surface area contributed by atoms with E-state index in [4.69, 9.17) is 0 Å². The van der Waals surface area contributed by atoms with Crippen LogP contribution in [0.2, 0.25) is 0 Å². The maximum Gasteiger partial charge on any atom is 0.223 e. The normalized spacial score (nSPS) is 20.5. The van der Waals surface area contributed by atoms with E-state index in [-0.39, 0.29) is 5.91 Å². The second kappa shape index (κ2) is 6.10. The van der Waals surface area contributed by atoms with Crippen LogP contribution in [0.3, 0.4) is 0 Å². The molecule has 17 heavy (non-hydrogen) atoms. The Balaban J connectivity index is 1.90. The minimum Gasteiger partial charge on any atom is -0.341 e. The average molecular weight is 253 g/mol. The number of piperidine rings is 1. The first-order chi connectivity index (χ1) is 8.31. The topological polar surface area (TPSA) is 38.1 Å². The molecule has 4 nitrogen and oxygen atoms in total. The first kappa shape index (κ1) is 12.5. The third kappa shape index (κ3) is 3.25. The highest BCUT2D eigenvalue weighted by Gasteiger charge is 2.24. The molecule has 1 aliphatic rings. The molecule has 1 aromatic rings. The Morgan fingerprint density at radius 1 is 1.59 bits per heavy atom. The largest absolute Gasteiger partial charge is 0.341 e. The lowest BCUT2D eigenvalue weighted by Gasteiger charge is -2.33. The van der Waals surface area contributed by atoms with Gasteiger partial charge in [0.25, 0.3) is 0 Å². The molecule has 1 amide bonds.